The molecule has 6 nitrogen and oxygen atoms in total. The van der Waals surface area contributed by atoms with Gasteiger partial charge in [0.2, 0.25) is 10.0 Å². The molecule has 0 aliphatic carbocycles. The highest BCUT2D eigenvalue weighted by Gasteiger charge is 2.43. The first-order valence-corrected chi connectivity index (χ1v) is 9.91. The monoisotopic (exact) mass is 352 g/mol. The molecule has 24 heavy (non-hydrogen) atoms. The summed E-state index contributed by atoms with van der Waals surface area (Å²) in [4.78, 5) is 12.2. The zero-order valence-corrected chi connectivity index (χ0v) is 14.9. The molecule has 2 aliphatic rings. The van der Waals surface area contributed by atoms with E-state index >= 15 is 0 Å². The smallest absolute Gasteiger partial charge is 0.338 e. The van der Waals surface area contributed by atoms with E-state index in [1.807, 2.05) is 0 Å². The van der Waals surface area contributed by atoms with Crippen LogP contribution in [0.2, 0.25) is 0 Å². The van der Waals surface area contributed by atoms with Crippen molar-refractivity contribution in [2.45, 2.75) is 50.1 Å². The van der Waals surface area contributed by atoms with Crippen LogP contribution < -0.4 is 5.32 Å². The lowest BCUT2D eigenvalue weighted by Crippen LogP contribution is -2.42. The molecule has 1 aromatic rings. The highest BCUT2D eigenvalue weighted by molar-refractivity contribution is 7.89. The van der Waals surface area contributed by atoms with Gasteiger partial charge < -0.3 is 10.1 Å². The van der Waals surface area contributed by atoms with Crippen molar-refractivity contribution in [3.05, 3.63) is 29.3 Å². The SMILES string of the molecule is CCOC(=O)c1ccc(C)c(S(=O)(=O)N2C3CCNCC2CC3)c1. The van der Waals surface area contributed by atoms with Gasteiger partial charge in [-0.3, -0.25) is 0 Å². The van der Waals surface area contributed by atoms with Crippen molar-refractivity contribution in [3.8, 4) is 0 Å². The molecular weight excluding hydrogens is 328 g/mol. The molecule has 7 heteroatoms. The number of nitrogens with one attached hydrogen (secondary N) is 1. The molecule has 2 atom stereocenters. The van der Waals surface area contributed by atoms with Crippen molar-refractivity contribution >= 4 is 16.0 Å². The summed E-state index contributed by atoms with van der Waals surface area (Å²) in [5, 5.41) is 3.31. The van der Waals surface area contributed by atoms with Crippen LogP contribution in [0.15, 0.2) is 23.1 Å². The van der Waals surface area contributed by atoms with E-state index in [1.165, 1.54) is 6.07 Å². The first kappa shape index (κ1) is 17.4. The number of hydrogen-bond donors (Lipinski definition) is 1. The number of carbonyl (C=O) groups is 1. The Morgan fingerprint density at radius 3 is 2.79 bits per heavy atom. The van der Waals surface area contributed by atoms with E-state index in [4.69, 9.17) is 4.74 Å². The van der Waals surface area contributed by atoms with Gasteiger partial charge in [0.15, 0.2) is 0 Å². The van der Waals surface area contributed by atoms with E-state index < -0.39 is 16.0 Å². The maximum absolute atomic E-state index is 13.3. The van der Waals surface area contributed by atoms with Gasteiger partial charge in [-0.15, -0.1) is 0 Å². The lowest BCUT2D eigenvalue weighted by atomic mass is 10.1. The summed E-state index contributed by atoms with van der Waals surface area (Å²) in [6.45, 7) is 5.28. The molecule has 2 unspecified atom stereocenters. The van der Waals surface area contributed by atoms with E-state index in [1.54, 1.807) is 30.3 Å². The summed E-state index contributed by atoms with van der Waals surface area (Å²) in [6, 6.07) is 4.79. The van der Waals surface area contributed by atoms with E-state index in [0.717, 1.165) is 25.8 Å². The second-order valence-corrected chi connectivity index (χ2v) is 8.23. The van der Waals surface area contributed by atoms with Crippen LogP contribution in [-0.4, -0.2) is 50.5 Å². The fourth-order valence-electron chi connectivity index (χ4n) is 3.66. The topological polar surface area (TPSA) is 75.7 Å². The minimum absolute atomic E-state index is 0.00634. The number of rotatable bonds is 4. The zero-order chi connectivity index (χ0) is 17.3. The molecule has 0 amide bonds. The molecule has 0 saturated carbocycles. The second-order valence-electron chi connectivity index (χ2n) is 6.41. The number of benzene rings is 1. The predicted molar refractivity (Wildman–Crippen MR) is 90.5 cm³/mol. The first-order valence-electron chi connectivity index (χ1n) is 8.47. The molecule has 132 valence electrons. The average Bonchev–Trinajstić information content (AvgIpc) is 2.81. The Labute approximate surface area is 143 Å². The molecule has 0 spiro atoms. The van der Waals surface area contributed by atoms with Gasteiger partial charge in [-0.25, -0.2) is 13.2 Å². The first-order chi connectivity index (χ1) is 11.4. The summed E-state index contributed by atoms with van der Waals surface area (Å²) in [5.41, 5.74) is 0.931. The number of nitrogens with zero attached hydrogens (tertiary/aromatic N) is 1. The second kappa shape index (κ2) is 6.82. The van der Waals surface area contributed by atoms with Crippen molar-refractivity contribution < 1.29 is 17.9 Å². The third-order valence-corrected chi connectivity index (χ3v) is 6.99. The Bertz CT molecular complexity index is 718. The summed E-state index contributed by atoms with van der Waals surface area (Å²) in [7, 11) is -3.64. The average molecular weight is 352 g/mol. The molecule has 2 bridgehead atoms. The van der Waals surface area contributed by atoms with Gasteiger partial charge in [0, 0.05) is 18.6 Å². The molecule has 0 radical (unpaired) electrons. The minimum Gasteiger partial charge on any atom is -0.462 e. The Morgan fingerprint density at radius 2 is 2.04 bits per heavy atom. The molecule has 2 heterocycles. The standard InChI is InChI=1S/C17H24N2O4S/c1-3-23-17(20)13-5-4-12(2)16(10-13)24(21,22)19-14-6-7-15(19)11-18-9-8-14/h4-5,10,14-15,18H,3,6-9,11H2,1-2H3. The third kappa shape index (κ3) is 3.08. The maximum Gasteiger partial charge on any atom is 0.338 e. The van der Waals surface area contributed by atoms with E-state index in [9.17, 15) is 13.2 Å². The number of hydrogen-bond acceptors (Lipinski definition) is 5. The van der Waals surface area contributed by atoms with Crippen LogP contribution in [0, 0.1) is 6.92 Å². The van der Waals surface area contributed by atoms with Crippen LogP contribution >= 0.6 is 0 Å². The molecule has 1 aromatic carbocycles. The normalized spacial score (nSPS) is 24.6. The molecule has 2 fully saturated rings. The largest absolute Gasteiger partial charge is 0.462 e. The van der Waals surface area contributed by atoms with Crippen LogP contribution in [0.1, 0.15) is 42.1 Å². The van der Waals surface area contributed by atoms with Crippen molar-refractivity contribution in [2.75, 3.05) is 19.7 Å². The van der Waals surface area contributed by atoms with Gasteiger partial charge in [0.25, 0.3) is 0 Å². The van der Waals surface area contributed by atoms with Crippen LogP contribution in [0.3, 0.4) is 0 Å². The predicted octanol–water partition coefficient (Wildman–Crippen LogP) is 1.69. The van der Waals surface area contributed by atoms with E-state index in [2.05, 4.69) is 5.32 Å². The van der Waals surface area contributed by atoms with Crippen molar-refractivity contribution in [1.82, 2.24) is 9.62 Å². The van der Waals surface area contributed by atoms with Gasteiger partial charge >= 0.3 is 5.97 Å². The molecule has 1 N–H and O–H groups in total. The lowest BCUT2D eigenvalue weighted by Gasteiger charge is -2.27. The summed E-state index contributed by atoms with van der Waals surface area (Å²) < 4.78 is 33.3. The maximum atomic E-state index is 13.3. The highest BCUT2D eigenvalue weighted by Crippen LogP contribution is 2.34. The highest BCUT2D eigenvalue weighted by atomic mass is 32.2. The van der Waals surface area contributed by atoms with Gasteiger partial charge in [0.1, 0.15) is 0 Å². The third-order valence-electron chi connectivity index (χ3n) is 4.84. The minimum atomic E-state index is -3.64. The lowest BCUT2D eigenvalue weighted by molar-refractivity contribution is 0.0526. The summed E-state index contributed by atoms with van der Waals surface area (Å²) >= 11 is 0. The molecule has 3 rings (SSSR count). The quantitative estimate of drug-likeness (QED) is 0.835. The van der Waals surface area contributed by atoms with Crippen LogP contribution in [0.5, 0.6) is 0 Å². The van der Waals surface area contributed by atoms with Crippen molar-refractivity contribution in [3.63, 3.8) is 0 Å². The number of aryl methyl sites for hydroxylation is 1. The molecular formula is C17H24N2O4S. The van der Waals surface area contributed by atoms with Crippen molar-refractivity contribution in [1.29, 1.82) is 0 Å². The molecule has 2 saturated heterocycles. The Morgan fingerprint density at radius 1 is 1.29 bits per heavy atom. The number of carbonyl (C=O) groups excluding carboxylic acids is 1. The van der Waals surface area contributed by atoms with E-state index in [-0.39, 0.29) is 29.1 Å². The van der Waals surface area contributed by atoms with Gasteiger partial charge in [0.05, 0.1) is 17.1 Å². The fraction of sp³-hybridized carbons (Fsp3) is 0.588. The number of sulfonamides is 1. The number of ether oxygens (including phenoxy) is 1. The number of esters is 1. The Kier molecular flexibility index (Phi) is 4.94. The van der Waals surface area contributed by atoms with Crippen LogP contribution in [0.4, 0.5) is 0 Å². The molecule has 2 aliphatic heterocycles. The fourth-order valence-corrected chi connectivity index (χ4v) is 5.82. The van der Waals surface area contributed by atoms with Gasteiger partial charge in [-0.05, 0) is 57.4 Å². The summed E-state index contributed by atoms with van der Waals surface area (Å²) in [5.74, 6) is -0.491. The Hall–Kier alpha value is -1.44. The number of fused-ring (bicyclic) bond motifs is 2. The van der Waals surface area contributed by atoms with Crippen LogP contribution in [0.25, 0.3) is 0 Å². The zero-order valence-electron chi connectivity index (χ0n) is 14.1. The Balaban J connectivity index is 2.00. The molecule has 0 aromatic heterocycles. The van der Waals surface area contributed by atoms with Crippen LogP contribution in [-0.2, 0) is 14.8 Å². The summed E-state index contributed by atoms with van der Waals surface area (Å²) in [6.07, 6.45) is 2.61. The van der Waals surface area contributed by atoms with Gasteiger partial charge in [-0.1, -0.05) is 6.07 Å². The van der Waals surface area contributed by atoms with Gasteiger partial charge in [-0.2, -0.15) is 4.31 Å². The van der Waals surface area contributed by atoms with Crippen molar-refractivity contribution in [2.24, 2.45) is 0 Å². The van der Waals surface area contributed by atoms with E-state index in [0.29, 0.717) is 12.1 Å².